The highest BCUT2D eigenvalue weighted by molar-refractivity contribution is 7.71. The van der Waals surface area contributed by atoms with Gasteiger partial charge in [0.05, 0.1) is 11.3 Å². The van der Waals surface area contributed by atoms with Crippen molar-refractivity contribution in [1.82, 2.24) is 0 Å². The molecule has 0 aliphatic carbocycles. The van der Waals surface area contributed by atoms with Crippen molar-refractivity contribution in [2.24, 2.45) is 0 Å². The molecule has 0 saturated heterocycles. The monoisotopic (exact) mass is 322 g/mol. The van der Waals surface area contributed by atoms with E-state index in [0.29, 0.717) is 5.56 Å². The molecule has 5 nitrogen and oxygen atoms in total. The van der Waals surface area contributed by atoms with Gasteiger partial charge >= 0.3 is 12.1 Å². The van der Waals surface area contributed by atoms with Gasteiger partial charge in [0, 0.05) is 5.56 Å². The predicted molar refractivity (Wildman–Crippen MR) is 66.5 cm³/mol. The molecule has 0 radical (unpaired) electrons. The van der Waals surface area contributed by atoms with Gasteiger partial charge in [-0.05, 0) is 23.8 Å². The van der Waals surface area contributed by atoms with Gasteiger partial charge in [0.2, 0.25) is 6.10 Å². The lowest BCUT2D eigenvalue weighted by molar-refractivity contribution is -0.187. The summed E-state index contributed by atoms with van der Waals surface area (Å²) in [5.41, 5.74) is -0.513. The average molecular weight is 322 g/mol. The fourth-order valence-electron chi connectivity index (χ4n) is 1.92. The summed E-state index contributed by atoms with van der Waals surface area (Å²) >= 11 is 0. The van der Waals surface area contributed by atoms with Gasteiger partial charge in [-0.2, -0.15) is 13.2 Å². The van der Waals surface area contributed by atoms with Gasteiger partial charge in [-0.3, -0.25) is 0 Å². The number of hydrogen-bond acceptors (Lipinski definition) is 4. The SMILES string of the molecule is O=C(O)C1=Cc2cc(C[SH](=O)=O)ccc2OC1C(F)(F)F. The number of alkyl halides is 3. The largest absolute Gasteiger partial charge is 0.478 e. The van der Waals surface area contributed by atoms with E-state index in [1.165, 1.54) is 18.2 Å². The standard InChI is InChI=1S/C12H9F3O5S/c13-12(14,15)10-8(11(16)17)4-7-3-6(5-21(18)19)1-2-9(7)20-10/h1-4,10,21H,5H2,(H,16,17). The third kappa shape index (κ3) is 3.35. The first-order valence-corrected chi connectivity index (χ1v) is 6.97. The van der Waals surface area contributed by atoms with E-state index in [-0.39, 0.29) is 17.1 Å². The van der Waals surface area contributed by atoms with Crippen LogP contribution in [-0.2, 0) is 21.3 Å². The summed E-state index contributed by atoms with van der Waals surface area (Å²) in [5, 5.41) is 8.87. The topological polar surface area (TPSA) is 80.7 Å². The van der Waals surface area contributed by atoms with Crippen LogP contribution in [0.3, 0.4) is 0 Å². The van der Waals surface area contributed by atoms with Crippen LogP contribution in [0.5, 0.6) is 5.75 Å². The highest BCUT2D eigenvalue weighted by Crippen LogP contribution is 2.37. The molecule has 1 N–H and O–H groups in total. The van der Waals surface area contributed by atoms with E-state index in [1.54, 1.807) is 0 Å². The Balaban J connectivity index is 2.48. The molecule has 1 unspecified atom stereocenters. The van der Waals surface area contributed by atoms with Crippen LogP contribution in [0, 0.1) is 0 Å². The molecule has 1 aliphatic heterocycles. The lowest BCUT2D eigenvalue weighted by Gasteiger charge is -2.27. The Morgan fingerprint density at radius 3 is 2.52 bits per heavy atom. The summed E-state index contributed by atoms with van der Waals surface area (Å²) in [4.78, 5) is 10.9. The maximum absolute atomic E-state index is 12.8. The lowest BCUT2D eigenvalue weighted by atomic mass is 10.00. The van der Waals surface area contributed by atoms with Gasteiger partial charge < -0.3 is 9.84 Å². The van der Waals surface area contributed by atoms with Crippen molar-refractivity contribution >= 4 is 22.7 Å². The smallest absolute Gasteiger partial charge is 0.430 e. The number of ether oxygens (including phenoxy) is 1. The van der Waals surface area contributed by atoms with Crippen LogP contribution in [0.25, 0.3) is 6.08 Å². The number of halogens is 3. The zero-order valence-corrected chi connectivity index (χ0v) is 11.1. The molecule has 114 valence electrons. The fraction of sp³-hybridized carbons (Fsp3) is 0.250. The lowest BCUT2D eigenvalue weighted by Crippen LogP contribution is -2.40. The molecule has 0 fully saturated rings. The van der Waals surface area contributed by atoms with Gasteiger partial charge in [0.1, 0.15) is 16.5 Å². The molecule has 1 aromatic carbocycles. The van der Waals surface area contributed by atoms with Crippen LogP contribution in [0.1, 0.15) is 11.1 Å². The van der Waals surface area contributed by atoms with Gasteiger partial charge in [0.25, 0.3) is 0 Å². The average Bonchev–Trinajstić information content (AvgIpc) is 2.35. The first-order valence-electron chi connectivity index (χ1n) is 5.61. The highest BCUT2D eigenvalue weighted by Gasteiger charge is 2.48. The van der Waals surface area contributed by atoms with Crippen LogP contribution >= 0.6 is 0 Å². The molecule has 21 heavy (non-hydrogen) atoms. The summed E-state index contributed by atoms with van der Waals surface area (Å²) in [6, 6.07) is 3.80. The number of carboxylic acid groups (broad SMARTS) is 1. The molecule has 0 aromatic heterocycles. The predicted octanol–water partition coefficient (Wildman–Crippen LogP) is 1.59. The molecular weight excluding hydrogens is 313 g/mol. The van der Waals surface area contributed by atoms with Gasteiger partial charge in [-0.25, -0.2) is 13.2 Å². The van der Waals surface area contributed by atoms with Crippen molar-refractivity contribution in [3.8, 4) is 5.75 Å². The molecule has 1 atom stereocenters. The maximum atomic E-state index is 12.8. The number of hydrogen-bond donors (Lipinski definition) is 2. The summed E-state index contributed by atoms with van der Waals surface area (Å²) in [6.45, 7) is 0. The van der Waals surface area contributed by atoms with E-state index in [0.717, 1.165) is 6.08 Å². The number of carboxylic acids is 1. The van der Waals surface area contributed by atoms with Crippen molar-refractivity contribution in [1.29, 1.82) is 0 Å². The Bertz CT molecular complexity index is 683. The normalized spacial score (nSPS) is 17.9. The van der Waals surface area contributed by atoms with E-state index >= 15 is 0 Å². The minimum atomic E-state index is -4.86. The van der Waals surface area contributed by atoms with E-state index in [9.17, 15) is 26.4 Å². The van der Waals surface area contributed by atoms with Crippen molar-refractivity contribution in [2.45, 2.75) is 18.0 Å². The van der Waals surface area contributed by atoms with Gasteiger partial charge in [-0.15, -0.1) is 0 Å². The summed E-state index contributed by atoms with van der Waals surface area (Å²) in [5.74, 6) is -2.18. The van der Waals surface area contributed by atoms with E-state index < -0.39 is 34.5 Å². The van der Waals surface area contributed by atoms with E-state index in [4.69, 9.17) is 9.84 Å². The molecule has 2 rings (SSSR count). The summed E-state index contributed by atoms with van der Waals surface area (Å²) < 4.78 is 64.3. The summed E-state index contributed by atoms with van der Waals surface area (Å²) in [7, 11) is -2.70. The molecule has 0 saturated carbocycles. The Morgan fingerprint density at radius 2 is 2.00 bits per heavy atom. The molecule has 0 amide bonds. The summed E-state index contributed by atoms with van der Waals surface area (Å²) in [6.07, 6.45) is -6.57. The van der Waals surface area contributed by atoms with Crippen LogP contribution in [-0.4, -0.2) is 31.8 Å². The zero-order chi connectivity index (χ0) is 15.8. The van der Waals surface area contributed by atoms with Crippen molar-refractivity contribution in [3.63, 3.8) is 0 Å². The van der Waals surface area contributed by atoms with Crippen LogP contribution in [0.15, 0.2) is 23.8 Å². The minimum absolute atomic E-state index is 0.0993. The minimum Gasteiger partial charge on any atom is -0.478 e. The van der Waals surface area contributed by atoms with Crippen LogP contribution < -0.4 is 4.74 Å². The molecule has 1 aromatic rings. The highest BCUT2D eigenvalue weighted by atomic mass is 32.2. The third-order valence-electron chi connectivity index (χ3n) is 2.77. The number of carbonyl (C=O) groups is 1. The number of thiol groups is 1. The Morgan fingerprint density at radius 1 is 1.33 bits per heavy atom. The molecule has 0 bridgehead atoms. The maximum Gasteiger partial charge on any atom is 0.430 e. The Kier molecular flexibility index (Phi) is 3.95. The first kappa shape index (κ1) is 15.4. The number of fused-ring (bicyclic) bond motifs is 1. The van der Waals surface area contributed by atoms with E-state index in [2.05, 4.69) is 0 Å². The number of aliphatic carboxylic acids is 1. The second kappa shape index (κ2) is 5.40. The van der Waals surface area contributed by atoms with Crippen molar-refractivity contribution in [3.05, 3.63) is 34.9 Å². The molecule has 9 heteroatoms. The van der Waals surface area contributed by atoms with Crippen LogP contribution in [0.2, 0.25) is 0 Å². The first-order chi connectivity index (χ1) is 9.68. The van der Waals surface area contributed by atoms with Gasteiger partial charge in [-0.1, -0.05) is 6.07 Å². The third-order valence-corrected chi connectivity index (χ3v) is 3.39. The Labute approximate surface area is 118 Å². The van der Waals surface area contributed by atoms with Crippen LogP contribution in [0.4, 0.5) is 13.2 Å². The van der Waals surface area contributed by atoms with Gasteiger partial charge in [0.15, 0.2) is 0 Å². The number of rotatable bonds is 3. The van der Waals surface area contributed by atoms with Crippen molar-refractivity contribution < 1.29 is 36.2 Å². The molecule has 1 aliphatic rings. The molecule has 0 spiro atoms. The Hall–Kier alpha value is -2.03. The quantitative estimate of drug-likeness (QED) is 0.826. The second-order valence-corrected chi connectivity index (χ2v) is 5.29. The number of benzene rings is 1. The van der Waals surface area contributed by atoms with Crippen molar-refractivity contribution in [2.75, 3.05) is 0 Å². The molecule has 1 heterocycles. The fourth-order valence-corrected chi connectivity index (χ4v) is 2.41. The van der Waals surface area contributed by atoms with E-state index in [1.807, 2.05) is 0 Å². The second-order valence-electron chi connectivity index (χ2n) is 4.31. The molecular formula is C12H9F3O5S. The zero-order valence-electron chi connectivity index (χ0n) is 10.3.